The lowest BCUT2D eigenvalue weighted by atomic mass is 10.0. The highest BCUT2D eigenvalue weighted by molar-refractivity contribution is 5.96. The van der Waals surface area contributed by atoms with Crippen molar-refractivity contribution in [1.82, 2.24) is 14.8 Å². The molecule has 0 spiro atoms. The van der Waals surface area contributed by atoms with E-state index in [1.807, 2.05) is 97.3 Å². The summed E-state index contributed by atoms with van der Waals surface area (Å²) in [4.78, 5) is 13.1. The summed E-state index contributed by atoms with van der Waals surface area (Å²) in [6.45, 7) is 4.25. The maximum atomic E-state index is 13.1. The van der Waals surface area contributed by atoms with Gasteiger partial charge in [-0.3, -0.25) is 9.36 Å². The summed E-state index contributed by atoms with van der Waals surface area (Å²) < 4.78 is 1.90. The minimum atomic E-state index is 0.0391. The Kier molecular flexibility index (Phi) is 4.85. The Labute approximate surface area is 164 Å². The maximum Gasteiger partial charge on any atom is 0.182 e. The van der Waals surface area contributed by atoms with Crippen molar-refractivity contribution < 1.29 is 4.79 Å². The molecule has 0 saturated carbocycles. The van der Waals surface area contributed by atoms with Crippen LogP contribution in [0.2, 0.25) is 0 Å². The van der Waals surface area contributed by atoms with Gasteiger partial charge in [-0.05, 0) is 31.0 Å². The first kappa shape index (κ1) is 17.9. The van der Waals surface area contributed by atoms with Crippen molar-refractivity contribution >= 4 is 5.78 Å². The molecule has 0 N–H and O–H groups in total. The van der Waals surface area contributed by atoms with Gasteiger partial charge in [0.15, 0.2) is 17.4 Å². The molecule has 0 atom stereocenters. The van der Waals surface area contributed by atoms with Gasteiger partial charge in [0.1, 0.15) is 0 Å². The van der Waals surface area contributed by atoms with Crippen LogP contribution in [-0.2, 0) is 6.54 Å². The average molecular weight is 367 g/mol. The van der Waals surface area contributed by atoms with E-state index in [4.69, 9.17) is 0 Å². The molecule has 28 heavy (non-hydrogen) atoms. The third kappa shape index (κ3) is 3.49. The molecular formula is C24H21N3O. The Bertz CT molecular complexity index is 1060. The van der Waals surface area contributed by atoms with E-state index in [1.54, 1.807) is 0 Å². The van der Waals surface area contributed by atoms with E-state index in [0.29, 0.717) is 17.2 Å². The van der Waals surface area contributed by atoms with E-state index in [-0.39, 0.29) is 12.3 Å². The first-order valence-corrected chi connectivity index (χ1v) is 9.28. The Morgan fingerprint density at radius 3 is 1.79 bits per heavy atom. The molecule has 3 aromatic carbocycles. The van der Waals surface area contributed by atoms with Crippen LogP contribution >= 0.6 is 0 Å². The number of aromatic nitrogens is 3. The van der Waals surface area contributed by atoms with Crippen molar-refractivity contribution in [3.63, 3.8) is 0 Å². The zero-order chi connectivity index (χ0) is 19.5. The minimum Gasteiger partial charge on any atom is -0.299 e. The maximum absolute atomic E-state index is 13.1. The minimum absolute atomic E-state index is 0.0391. The van der Waals surface area contributed by atoms with E-state index in [2.05, 4.69) is 10.2 Å². The van der Waals surface area contributed by atoms with Gasteiger partial charge < -0.3 is 0 Å². The van der Waals surface area contributed by atoms with Crippen LogP contribution in [0.15, 0.2) is 78.9 Å². The predicted octanol–water partition coefficient (Wildman–Crippen LogP) is 5.11. The van der Waals surface area contributed by atoms with Crippen LogP contribution in [0.3, 0.4) is 0 Å². The fourth-order valence-corrected chi connectivity index (χ4v) is 3.20. The number of carbonyl (C=O) groups excluding carboxylic acids is 1. The molecule has 0 amide bonds. The van der Waals surface area contributed by atoms with Crippen molar-refractivity contribution in [2.45, 2.75) is 20.4 Å². The molecule has 1 aromatic heterocycles. The smallest absolute Gasteiger partial charge is 0.182 e. The molecule has 0 fully saturated rings. The molecule has 1 heterocycles. The zero-order valence-corrected chi connectivity index (χ0v) is 16.0. The van der Waals surface area contributed by atoms with E-state index in [0.717, 1.165) is 16.7 Å². The summed E-state index contributed by atoms with van der Waals surface area (Å²) in [7, 11) is 0. The number of hydrogen-bond donors (Lipinski definition) is 0. The molecule has 0 unspecified atom stereocenters. The Morgan fingerprint density at radius 1 is 0.750 bits per heavy atom. The number of carbonyl (C=O) groups is 1. The predicted molar refractivity (Wildman–Crippen MR) is 111 cm³/mol. The summed E-state index contributed by atoms with van der Waals surface area (Å²) in [6, 6.07) is 25.5. The van der Waals surface area contributed by atoms with Crippen LogP contribution in [0.1, 0.15) is 21.5 Å². The van der Waals surface area contributed by atoms with Crippen LogP contribution in [-0.4, -0.2) is 20.5 Å². The zero-order valence-electron chi connectivity index (χ0n) is 16.0. The lowest BCUT2D eigenvalue weighted by molar-refractivity contribution is 0.0973. The molecule has 0 aliphatic carbocycles. The number of ketones is 1. The van der Waals surface area contributed by atoms with Crippen LogP contribution < -0.4 is 0 Å². The van der Waals surface area contributed by atoms with E-state index >= 15 is 0 Å². The third-order valence-electron chi connectivity index (χ3n) is 4.95. The summed E-state index contributed by atoms with van der Waals surface area (Å²) in [6.07, 6.45) is 0. The largest absolute Gasteiger partial charge is 0.299 e. The number of benzene rings is 3. The van der Waals surface area contributed by atoms with Crippen molar-refractivity contribution in [1.29, 1.82) is 0 Å². The lowest BCUT2D eigenvalue weighted by Crippen LogP contribution is -2.13. The van der Waals surface area contributed by atoms with Gasteiger partial charge in [-0.25, -0.2) is 0 Å². The van der Waals surface area contributed by atoms with Gasteiger partial charge in [-0.1, -0.05) is 72.8 Å². The van der Waals surface area contributed by atoms with E-state index in [1.165, 1.54) is 5.56 Å². The summed E-state index contributed by atoms with van der Waals surface area (Å²) in [5.41, 5.74) is 4.86. The number of Topliss-reactive ketones (excluding diaryl/α,β-unsaturated/α-hetero) is 1. The van der Waals surface area contributed by atoms with Gasteiger partial charge in [-0.15, -0.1) is 10.2 Å². The molecule has 4 aromatic rings. The first-order chi connectivity index (χ1) is 13.6. The van der Waals surface area contributed by atoms with Crippen molar-refractivity contribution in [3.05, 3.63) is 95.6 Å². The lowest BCUT2D eigenvalue weighted by Gasteiger charge is -2.11. The monoisotopic (exact) mass is 367 g/mol. The highest BCUT2D eigenvalue weighted by atomic mass is 16.1. The van der Waals surface area contributed by atoms with Crippen molar-refractivity contribution in [2.24, 2.45) is 0 Å². The van der Waals surface area contributed by atoms with Gasteiger partial charge in [0.2, 0.25) is 0 Å². The molecule has 0 aliphatic heterocycles. The van der Waals surface area contributed by atoms with Crippen molar-refractivity contribution in [2.75, 3.05) is 0 Å². The fraction of sp³-hybridized carbons (Fsp3) is 0.125. The first-order valence-electron chi connectivity index (χ1n) is 9.28. The number of rotatable bonds is 5. The normalized spacial score (nSPS) is 10.8. The number of aryl methyl sites for hydroxylation is 2. The van der Waals surface area contributed by atoms with E-state index < -0.39 is 0 Å². The fourth-order valence-electron chi connectivity index (χ4n) is 3.20. The second-order valence-electron chi connectivity index (χ2n) is 6.89. The topological polar surface area (TPSA) is 47.8 Å². The molecule has 0 aliphatic rings. The number of nitrogens with zero attached hydrogens (tertiary/aromatic N) is 3. The second-order valence-corrected chi connectivity index (χ2v) is 6.89. The summed E-state index contributed by atoms with van der Waals surface area (Å²) in [5, 5.41) is 8.80. The second kappa shape index (κ2) is 7.61. The summed E-state index contributed by atoms with van der Waals surface area (Å²) >= 11 is 0. The molecule has 0 bridgehead atoms. The van der Waals surface area contributed by atoms with Crippen LogP contribution in [0.5, 0.6) is 0 Å². The molecule has 138 valence electrons. The average Bonchev–Trinajstić information content (AvgIpc) is 3.14. The van der Waals surface area contributed by atoms with E-state index in [9.17, 15) is 4.79 Å². The Hall–Kier alpha value is -3.53. The Balaban J connectivity index is 1.78. The van der Waals surface area contributed by atoms with Gasteiger partial charge >= 0.3 is 0 Å². The molecular weight excluding hydrogens is 346 g/mol. The highest BCUT2D eigenvalue weighted by Gasteiger charge is 2.18. The molecule has 4 nitrogen and oxygen atoms in total. The highest BCUT2D eigenvalue weighted by Crippen LogP contribution is 2.25. The SMILES string of the molecule is Cc1ccc(C(=O)Cn2c(-c3ccccc3)nnc2-c2ccccc2)cc1C. The number of hydrogen-bond acceptors (Lipinski definition) is 3. The van der Waals surface area contributed by atoms with Gasteiger partial charge in [0.25, 0.3) is 0 Å². The van der Waals surface area contributed by atoms with Crippen molar-refractivity contribution in [3.8, 4) is 22.8 Å². The van der Waals surface area contributed by atoms with Crippen LogP contribution in [0.4, 0.5) is 0 Å². The quantitative estimate of drug-likeness (QED) is 0.460. The molecule has 4 heteroatoms. The molecule has 4 rings (SSSR count). The van der Waals surface area contributed by atoms with Gasteiger partial charge in [-0.2, -0.15) is 0 Å². The van der Waals surface area contributed by atoms with Gasteiger partial charge in [0.05, 0.1) is 6.54 Å². The van der Waals surface area contributed by atoms with Crippen LogP contribution in [0.25, 0.3) is 22.8 Å². The summed E-state index contributed by atoms with van der Waals surface area (Å²) in [5.74, 6) is 1.42. The van der Waals surface area contributed by atoms with Gasteiger partial charge in [0, 0.05) is 16.7 Å². The molecule has 0 radical (unpaired) electrons. The van der Waals surface area contributed by atoms with Crippen LogP contribution in [0, 0.1) is 13.8 Å². The molecule has 0 saturated heterocycles. The standard InChI is InChI=1S/C24H21N3O/c1-17-13-14-21(15-18(17)2)22(28)16-27-23(19-9-5-3-6-10-19)25-26-24(27)20-11-7-4-8-12-20/h3-15H,16H2,1-2H3. The Morgan fingerprint density at radius 2 is 1.29 bits per heavy atom. The third-order valence-corrected chi connectivity index (χ3v) is 4.95.